The lowest BCUT2D eigenvalue weighted by molar-refractivity contribution is 0.351. The van der Waals surface area contributed by atoms with Gasteiger partial charge < -0.3 is 9.47 Å². The highest BCUT2D eigenvalue weighted by Crippen LogP contribution is 2.23. The molecular weight excluding hydrogens is 200 g/mol. The molecule has 0 saturated carbocycles. The number of hydrogen-bond donors (Lipinski definition) is 0. The van der Waals surface area contributed by atoms with Gasteiger partial charge in [-0.2, -0.15) is 0 Å². The summed E-state index contributed by atoms with van der Waals surface area (Å²) in [5.41, 5.74) is 1.13. The van der Waals surface area contributed by atoms with Gasteiger partial charge in [0.2, 0.25) is 0 Å². The zero-order chi connectivity index (χ0) is 11.8. The van der Waals surface area contributed by atoms with Crippen LogP contribution in [-0.4, -0.2) is 13.2 Å². The highest BCUT2D eigenvalue weighted by atomic mass is 16.5. The molecule has 1 aromatic rings. The van der Waals surface area contributed by atoms with Crippen LogP contribution in [0.1, 0.15) is 12.5 Å². The molecule has 0 saturated heterocycles. The van der Waals surface area contributed by atoms with Crippen molar-refractivity contribution in [1.82, 2.24) is 0 Å². The Morgan fingerprint density at radius 1 is 1.00 bits per heavy atom. The van der Waals surface area contributed by atoms with Gasteiger partial charge >= 0.3 is 0 Å². The fourth-order valence-corrected chi connectivity index (χ4v) is 1.25. The molecule has 0 aliphatic heterocycles. The van der Waals surface area contributed by atoms with E-state index in [1.165, 1.54) is 0 Å². The van der Waals surface area contributed by atoms with Crippen molar-refractivity contribution in [3.05, 3.63) is 23.8 Å². The Hall–Kier alpha value is -2.06. The van der Waals surface area contributed by atoms with Crippen LogP contribution in [0.5, 0.6) is 11.5 Å². The van der Waals surface area contributed by atoms with Gasteiger partial charge in [-0.05, 0) is 24.1 Å². The van der Waals surface area contributed by atoms with Crippen molar-refractivity contribution in [2.24, 2.45) is 0 Å². The molecule has 0 spiro atoms. The lowest BCUT2D eigenvalue weighted by Gasteiger charge is -2.09. The molecule has 0 aliphatic rings. The lowest BCUT2D eigenvalue weighted by Crippen LogP contribution is -1.98. The zero-order valence-corrected chi connectivity index (χ0v) is 9.32. The molecule has 0 amide bonds. The summed E-state index contributed by atoms with van der Waals surface area (Å²) in [5, 5.41) is 0. The van der Waals surface area contributed by atoms with Crippen LogP contribution < -0.4 is 9.47 Å². The molecule has 0 fully saturated rings. The van der Waals surface area contributed by atoms with Gasteiger partial charge in [-0.15, -0.1) is 12.8 Å². The second-order valence-electron chi connectivity index (χ2n) is 3.15. The van der Waals surface area contributed by atoms with Crippen LogP contribution in [-0.2, 0) is 6.42 Å². The Bertz CT molecular complexity index is 385. The van der Waals surface area contributed by atoms with Crippen molar-refractivity contribution in [3.8, 4) is 36.2 Å². The maximum atomic E-state index is 5.35. The Morgan fingerprint density at radius 2 is 1.50 bits per heavy atom. The second kappa shape index (κ2) is 6.43. The van der Waals surface area contributed by atoms with Crippen molar-refractivity contribution >= 4 is 0 Å². The normalized spacial score (nSPS) is 8.94. The summed E-state index contributed by atoms with van der Waals surface area (Å²) in [7, 11) is 0. The van der Waals surface area contributed by atoms with Gasteiger partial charge in [-0.1, -0.05) is 18.8 Å². The van der Waals surface area contributed by atoms with Crippen LogP contribution in [0.3, 0.4) is 0 Å². The van der Waals surface area contributed by atoms with Crippen LogP contribution >= 0.6 is 0 Å². The van der Waals surface area contributed by atoms with Crippen molar-refractivity contribution in [2.45, 2.75) is 13.3 Å². The SMILES string of the molecule is C#CCOc1cc(CC)cc(OCC#C)c1. The zero-order valence-electron chi connectivity index (χ0n) is 9.32. The number of hydrogen-bond acceptors (Lipinski definition) is 2. The monoisotopic (exact) mass is 214 g/mol. The molecule has 2 heteroatoms. The average Bonchev–Trinajstić information content (AvgIpc) is 2.33. The van der Waals surface area contributed by atoms with Gasteiger partial charge in [0, 0.05) is 6.07 Å². The van der Waals surface area contributed by atoms with Crippen LogP contribution in [0.15, 0.2) is 18.2 Å². The van der Waals surface area contributed by atoms with E-state index < -0.39 is 0 Å². The minimum absolute atomic E-state index is 0.252. The topological polar surface area (TPSA) is 18.5 Å². The van der Waals surface area contributed by atoms with Crippen LogP contribution in [0.4, 0.5) is 0 Å². The summed E-state index contributed by atoms with van der Waals surface area (Å²) in [6, 6.07) is 5.67. The van der Waals surface area contributed by atoms with Gasteiger partial charge in [0.1, 0.15) is 24.7 Å². The Morgan fingerprint density at radius 3 is 1.88 bits per heavy atom. The quantitative estimate of drug-likeness (QED) is 0.700. The summed E-state index contributed by atoms with van der Waals surface area (Å²) in [6.45, 7) is 2.56. The molecule has 0 aliphatic carbocycles. The fourth-order valence-electron chi connectivity index (χ4n) is 1.25. The van der Waals surface area contributed by atoms with E-state index in [1.54, 1.807) is 6.07 Å². The highest BCUT2D eigenvalue weighted by molar-refractivity contribution is 5.38. The standard InChI is InChI=1S/C14H14O2/c1-4-7-15-13-9-12(6-3)10-14(11-13)16-8-5-2/h1-2,9-11H,6-8H2,3H3. The van der Waals surface area contributed by atoms with E-state index in [4.69, 9.17) is 22.3 Å². The van der Waals surface area contributed by atoms with Crippen LogP contribution in [0, 0.1) is 24.7 Å². The third kappa shape index (κ3) is 3.59. The molecule has 0 aromatic heterocycles. The van der Waals surface area contributed by atoms with Crippen molar-refractivity contribution in [3.63, 3.8) is 0 Å². The average molecular weight is 214 g/mol. The minimum atomic E-state index is 0.252. The molecule has 0 radical (unpaired) electrons. The van der Waals surface area contributed by atoms with E-state index in [0.29, 0.717) is 11.5 Å². The molecular formula is C14H14O2. The number of ether oxygens (including phenoxy) is 2. The molecule has 1 rings (SSSR count). The van der Waals surface area contributed by atoms with Gasteiger partial charge in [0.15, 0.2) is 0 Å². The van der Waals surface area contributed by atoms with E-state index in [9.17, 15) is 0 Å². The Labute approximate surface area is 96.6 Å². The number of terminal acetylenes is 2. The third-order valence-electron chi connectivity index (χ3n) is 1.99. The van der Waals surface area contributed by atoms with Crippen LogP contribution in [0.25, 0.3) is 0 Å². The minimum Gasteiger partial charge on any atom is -0.481 e. The first-order valence-corrected chi connectivity index (χ1v) is 5.06. The predicted octanol–water partition coefficient (Wildman–Crippen LogP) is 2.27. The molecule has 16 heavy (non-hydrogen) atoms. The van der Waals surface area contributed by atoms with Gasteiger partial charge in [-0.3, -0.25) is 0 Å². The highest BCUT2D eigenvalue weighted by Gasteiger charge is 2.01. The first-order valence-electron chi connectivity index (χ1n) is 5.06. The first kappa shape index (κ1) is 12.0. The van der Waals surface area contributed by atoms with Crippen LogP contribution in [0.2, 0.25) is 0 Å². The Kier molecular flexibility index (Phi) is 4.83. The van der Waals surface area contributed by atoms with Gasteiger partial charge in [0.05, 0.1) is 0 Å². The summed E-state index contributed by atoms with van der Waals surface area (Å²) >= 11 is 0. The van der Waals surface area contributed by atoms with Gasteiger partial charge in [-0.25, -0.2) is 0 Å². The largest absolute Gasteiger partial charge is 0.481 e. The smallest absolute Gasteiger partial charge is 0.148 e. The fraction of sp³-hybridized carbons (Fsp3) is 0.286. The number of aryl methyl sites for hydroxylation is 1. The van der Waals surface area contributed by atoms with E-state index in [1.807, 2.05) is 12.1 Å². The van der Waals surface area contributed by atoms with Gasteiger partial charge in [0.25, 0.3) is 0 Å². The summed E-state index contributed by atoms with van der Waals surface area (Å²) in [6.07, 6.45) is 11.2. The molecule has 82 valence electrons. The Balaban J connectivity index is 2.84. The molecule has 0 N–H and O–H groups in total. The lowest BCUT2D eigenvalue weighted by atomic mass is 10.1. The maximum absolute atomic E-state index is 5.35. The van der Waals surface area contributed by atoms with E-state index >= 15 is 0 Å². The van der Waals surface area contributed by atoms with E-state index in [2.05, 4.69) is 18.8 Å². The number of rotatable bonds is 5. The molecule has 1 aromatic carbocycles. The molecule has 0 bridgehead atoms. The van der Waals surface area contributed by atoms with Crippen molar-refractivity contribution in [1.29, 1.82) is 0 Å². The predicted molar refractivity (Wildman–Crippen MR) is 64.5 cm³/mol. The first-order chi connectivity index (χ1) is 7.80. The van der Waals surface area contributed by atoms with Crippen molar-refractivity contribution < 1.29 is 9.47 Å². The molecule has 2 nitrogen and oxygen atoms in total. The molecule has 0 heterocycles. The summed E-state index contributed by atoms with van der Waals surface area (Å²) in [4.78, 5) is 0. The molecule has 0 atom stereocenters. The van der Waals surface area contributed by atoms with E-state index in [0.717, 1.165) is 12.0 Å². The number of benzene rings is 1. The van der Waals surface area contributed by atoms with Crippen molar-refractivity contribution in [2.75, 3.05) is 13.2 Å². The van der Waals surface area contributed by atoms with E-state index in [-0.39, 0.29) is 13.2 Å². The summed E-state index contributed by atoms with van der Waals surface area (Å²) in [5.74, 6) is 6.27. The second-order valence-corrected chi connectivity index (χ2v) is 3.15. The summed E-state index contributed by atoms with van der Waals surface area (Å²) < 4.78 is 10.7. The third-order valence-corrected chi connectivity index (χ3v) is 1.99. The molecule has 0 unspecified atom stereocenters. The maximum Gasteiger partial charge on any atom is 0.148 e.